The van der Waals surface area contributed by atoms with E-state index in [2.05, 4.69) is 0 Å². The van der Waals surface area contributed by atoms with Crippen molar-refractivity contribution in [2.45, 2.75) is 13.5 Å². The van der Waals surface area contributed by atoms with Gasteiger partial charge in [-0.25, -0.2) is 0 Å². The van der Waals surface area contributed by atoms with Crippen LogP contribution >= 0.6 is 11.3 Å². The van der Waals surface area contributed by atoms with Gasteiger partial charge in [0, 0.05) is 11.4 Å². The normalized spacial score (nSPS) is 10.6. The monoisotopic (exact) mass is 243 g/mol. The molecule has 0 saturated heterocycles. The van der Waals surface area contributed by atoms with Crippen molar-refractivity contribution in [2.75, 3.05) is 13.1 Å². The molecular weight excluding hydrogens is 230 g/mol. The molecule has 0 bridgehead atoms. The summed E-state index contributed by atoms with van der Waals surface area (Å²) in [7, 11) is 0. The predicted molar refractivity (Wildman–Crippen MR) is 59.6 cm³/mol. The summed E-state index contributed by atoms with van der Waals surface area (Å²) < 4.78 is 0. The molecule has 6 heteroatoms. The number of carboxylic acids is 2. The number of aryl methyl sites for hydroxylation is 1. The number of rotatable bonds is 6. The van der Waals surface area contributed by atoms with Crippen LogP contribution in [-0.4, -0.2) is 40.1 Å². The van der Waals surface area contributed by atoms with Crippen LogP contribution in [-0.2, 0) is 16.1 Å². The summed E-state index contributed by atoms with van der Waals surface area (Å²) in [4.78, 5) is 23.5. The minimum Gasteiger partial charge on any atom is -0.480 e. The number of carbonyl (C=O) groups is 2. The molecule has 1 heterocycles. The lowest BCUT2D eigenvalue weighted by Gasteiger charge is -2.17. The molecule has 0 aromatic carbocycles. The van der Waals surface area contributed by atoms with E-state index in [9.17, 15) is 9.59 Å². The molecule has 0 aliphatic heterocycles. The number of hydrogen-bond donors (Lipinski definition) is 2. The molecule has 1 aromatic heterocycles. The SMILES string of the molecule is Cc1ccsc1CN(CC(=O)O)CC(=O)O. The second kappa shape index (κ2) is 5.62. The molecule has 0 aliphatic carbocycles. The van der Waals surface area contributed by atoms with Gasteiger partial charge in [-0.05, 0) is 23.9 Å². The molecule has 1 aromatic rings. The Hall–Kier alpha value is -1.40. The van der Waals surface area contributed by atoms with Crippen molar-refractivity contribution in [3.63, 3.8) is 0 Å². The maximum absolute atomic E-state index is 10.6. The molecule has 2 N–H and O–H groups in total. The van der Waals surface area contributed by atoms with Crippen molar-refractivity contribution < 1.29 is 19.8 Å². The van der Waals surface area contributed by atoms with Gasteiger partial charge in [0.05, 0.1) is 13.1 Å². The summed E-state index contributed by atoms with van der Waals surface area (Å²) >= 11 is 1.50. The van der Waals surface area contributed by atoms with Gasteiger partial charge < -0.3 is 10.2 Å². The smallest absolute Gasteiger partial charge is 0.317 e. The zero-order valence-corrected chi connectivity index (χ0v) is 9.66. The van der Waals surface area contributed by atoms with Gasteiger partial charge in [-0.2, -0.15) is 0 Å². The van der Waals surface area contributed by atoms with Crippen LogP contribution in [0.2, 0.25) is 0 Å². The van der Waals surface area contributed by atoms with E-state index in [4.69, 9.17) is 10.2 Å². The fraction of sp³-hybridized carbons (Fsp3) is 0.400. The average Bonchev–Trinajstić information content (AvgIpc) is 2.49. The first kappa shape index (κ1) is 12.7. The summed E-state index contributed by atoms with van der Waals surface area (Å²) in [5.41, 5.74) is 1.06. The number of carboxylic acid groups (broad SMARTS) is 2. The first-order valence-electron chi connectivity index (χ1n) is 4.68. The summed E-state index contributed by atoms with van der Waals surface area (Å²) in [5, 5.41) is 19.2. The second-order valence-corrected chi connectivity index (χ2v) is 4.46. The number of aliphatic carboxylic acids is 2. The summed E-state index contributed by atoms with van der Waals surface area (Å²) in [6, 6.07) is 1.93. The Kier molecular flexibility index (Phi) is 4.45. The molecule has 0 aliphatic rings. The highest BCUT2D eigenvalue weighted by Crippen LogP contribution is 2.17. The van der Waals surface area contributed by atoms with Crippen molar-refractivity contribution in [3.05, 3.63) is 21.9 Å². The molecule has 0 atom stereocenters. The molecular formula is C10H13NO4S. The average molecular weight is 243 g/mol. The van der Waals surface area contributed by atoms with Crippen LogP contribution in [0.5, 0.6) is 0 Å². The van der Waals surface area contributed by atoms with Crippen LogP contribution in [0.3, 0.4) is 0 Å². The van der Waals surface area contributed by atoms with E-state index in [1.165, 1.54) is 16.2 Å². The number of nitrogens with zero attached hydrogens (tertiary/aromatic N) is 1. The Bertz CT molecular complexity index is 372. The van der Waals surface area contributed by atoms with E-state index in [0.29, 0.717) is 6.54 Å². The fourth-order valence-electron chi connectivity index (χ4n) is 1.32. The van der Waals surface area contributed by atoms with Gasteiger partial charge in [-0.3, -0.25) is 14.5 Å². The Morgan fingerprint density at radius 3 is 2.25 bits per heavy atom. The third-order valence-electron chi connectivity index (χ3n) is 2.05. The standard InChI is InChI=1S/C10H13NO4S/c1-7-2-3-16-8(7)4-11(5-9(12)13)6-10(14)15/h2-3H,4-6H2,1H3,(H,12,13)(H,14,15). The van der Waals surface area contributed by atoms with Gasteiger partial charge in [0.2, 0.25) is 0 Å². The van der Waals surface area contributed by atoms with Gasteiger partial charge in [-0.1, -0.05) is 0 Å². The van der Waals surface area contributed by atoms with Crippen LogP contribution in [0, 0.1) is 6.92 Å². The Morgan fingerprint density at radius 2 is 1.88 bits per heavy atom. The molecule has 0 fully saturated rings. The molecule has 5 nitrogen and oxygen atoms in total. The van der Waals surface area contributed by atoms with E-state index >= 15 is 0 Å². The Labute approximate surface area is 96.9 Å². The third-order valence-corrected chi connectivity index (χ3v) is 3.06. The highest BCUT2D eigenvalue weighted by molar-refractivity contribution is 7.10. The molecule has 88 valence electrons. The van der Waals surface area contributed by atoms with Gasteiger partial charge in [0.15, 0.2) is 0 Å². The van der Waals surface area contributed by atoms with Crippen molar-refractivity contribution in [1.82, 2.24) is 4.90 Å². The summed E-state index contributed by atoms with van der Waals surface area (Å²) in [5.74, 6) is -2.04. The van der Waals surface area contributed by atoms with Crippen molar-refractivity contribution in [1.29, 1.82) is 0 Å². The van der Waals surface area contributed by atoms with Crippen LogP contribution in [0.25, 0.3) is 0 Å². The van der Waals surface area contributed by atoms with Crippen LogP contribution in [0.15, 0.2) is 11.4 Å². The Balaban J connectivity index is 2.66. The van der Waals surface area contributed by atoms with E-state index in [1.807, 2.05) is 18.4 Å². The lowest BCUT2D eigenvalue weighted by atomic mass is 10.3. The molecule has 0 amide bonds. The molecule has 0 radical (unpaired) electrons. The summed E-state index contributed by atoms with van der Waals surface area (Å²) in [6.45, 7) is 1.76. The quantitative estimate of drug-likeness (QED) is 0.780. The predicted octanol–water partition coefficient (Wildman–Crippen LogP) is 1.03. The van der Waals surface area contributed by atoms with Crippen LogP contribution < -0.4 is 0 Å². The molecule has 16 heavy (non-hydrogen) atoms. The molecule has 0 unspecified atom stereocenters. The minimum absolute atomic E-state index is 0.260. The highest BCUT2D eigenvalue weighted by atomic mass is 32.1. The van der Waals surface area contributed by atoms with Crippen molar-refractivity contribution in [2.24, 2.45) is 0 Å². The fourth-order valence-corrected chi connectivity index (χ4v) is 2.27. The minimum atomic E-state index is -1.02. The zero-order valence-electron chi connectivity index (χ0n) is 8.84. The Morgan fingerprint density at radius 1 is 1.31 bits per heavy atom. The maximum atomic E-state index is 10.6. The largest absolute Gasteiger partial charge is 0.480 e. The van der Waals surface area contributed by atoms with Crippen molar-refractivity contribution in [3.8, 4) is 0 Å². The summed E-state index contributed by atoms with van der Waals surface area (Å²) in [6.07, 6.45) is 0. The van der Waals surface area contributed by atoms with Gasteiger partial charge in [0.25, 0.3) is 0 Å². The first-order chi connectivity index (χ1) is 7.49. The van der Waals surface area contributed by atoms with E-state index in [1.54, 1.807) is 0 Å². The van der Waals surface area contributed by atoms with E-state index in [0.717, 1.165) is 10.4 Å². The third kappa shape index (κ3) is 4.00. The van der Waals surface area contributed by atoms with E-state index < -0.39 is 11.9 Å². The van der Waals surface area contributed by atoms with Crippen molar-refractivity contribution >= 4 is 23.3 Å². The van der Waals surface area contributed by atoms with Gasteiger partial charge >= 0.3 is 11.9 Å². The topological polar surface area (TPSA) is 77.8 Å². The maximum Gasteiger partial charge on any atom is 0.317 e. The second-order valence-electron chi connectivity index (χ2n) is 3.46. The zero-order chi connectivity index (χ0) is 12.1. The molecule has 0 saturated carbocycles. The van der Waals surface area contributed by atoms with Crippen LogP contribution in [0.4, 0.5) is 0 Å². The number of hydrogen-bond acceptors (Lipinski definition) is 4. The van der Waals surface area contributed by atoms with Gasteiger partial charge in [-0.15, -0.1) is 11.3 Å². The lowest BCUT2D eigenvalue weighted by molar-refractivity contribution is -0.141. The number of thiophene rings is 1. The lowest BCUT2D eigenvalue weighted by Crippen LogP contribution is -2.33. The molecule has 0 spiro atoms. The van der Waals surface area contributed by atoms with E-state index in [-0.39, 0.29) is 13.1 Å². The highest BCUT2D eigenvalue weighted by Gasteiger charge is 2.15. The van der Waals surface area contributed by atoms with Gasteiger partial charge in [0.1, 0.15) is 0 Å². The molecule has 1 rings (SSSR count). The first-order valence-corrected chi connectivity index (χ1v) is 5.56. The van der Waals surface area contributed by atoms with Crippen LogP contribution in [0.1, 0.15) is 10.4 Å².